The highest BCUT2D eigenvalue weighted by atomic mass is 32.2. The van der Waals surface area contributed by atoms with Crippen LogP contribution in [0.3, 0.4) is 0 Å². The lowest BCUT2D eigenvalue weighted by atomic mass is 9.98. The van der Waals surface area contributed by atoms with E-state index >= 15 is 0 Å². The van der Waals surface area contributed by atoms with Crippen molar-refractivity contribution in [3.05, 3.63) is 69.1 Å². The van der Waals surface area contributed by atoms with E-state index in [0.29, 0.717) is 16.2 Å². The first-order valence-electron chi connectivity index (χ1n) is 9.15. The quantitative estimate of drug-likeness (QED) is 0.672. The Morgan fingerprint density at radius 1 is 0.815 bits per heavy atom. The van der Waals surface area contributed by atoms with Crippen LogP contribution in [0.15, 0.2) is 41.3 Å². The van der Waals surface area contributed by atoms with Gasteiger partial charge in [0.05, 0.1) is 16.2 Å². The molecule has 0 aliphatic carbocycles. The van der Waals surface area contributed by atoms with E-state index in [1.807, 2.05) is 71.9 Å². The van der Waals surface area contributed by atoms with Crippen molar-refractivity contribution in [2.24, 2.45) is 0 Å². The van der Waals surface area contributed by atoms with E-state index in [9.17, 15) is 9.59 Å². The summed E-state index contributed by atoms with van der Waals surface area (Å²) in [6.07, 6.45) is 0. The molecule has 140 valence electrons. The second-order valence-electron chi connectivity index (χ2n) is 7.40. The predicted molar refractivity (Wildman–Crippen MR) is 114 cm³/mol. The summed E-state index contributed by atoms with van der Waals surface area (Å²) in [5.74, 6) is -0.463. The Hall–Kier alpha value is -2.33. The van der Waals surface area contributed by atoms with Crippen LogP contribution in [-0.4, -0.2) is 17.1 Å². The number of anilines is 1. The minimum atomic E-state index is -0.238. The number of aryl methyl sites for hydroxylation is 4. The van der Waals surface area contributed by atoms with Gasteiger partial charge in [0.1, 0.15) is 0 Å². The standard InChI is InChI=1S/C23H25NO2S/c1-13(2)27-21-20(19-10-7-14(3)11-17(19)6)22(25)24(23(21)26)18-9-8-15(4)16(5)12-18/h7-13H,1-6H3. The van der Waals surface area contributed by atoms with Gasteiger partial charge in [0.2, 0.25) is 0 Å². The molecule has 0 bridgehead atoms. The van der Waals surface area contributed by atoms with Crippen LogP contribution in [0, 0.1) is 27.7 Å². The average Bonchev–Trinajstić information content (AvgIpc) is 2.81. The lowest BCUT2D eigenvalue weighted by Crippen LogP contribution is -2.31. The van der Waals surface area contributed by atoms with E-state index in [2.05, 4.69) is 6.07 Å². The predicted octanol–water partition coefficient (Wildman–Crippen LogP) is 5.35. The summed E-state index contributed by atoms with van der Waals surface area (Å²) in [7, 11) is 0. The molecule has 0 fully saturated rings. The SMILES string of the molecule is Cc1ccc(C2=C(SC(C)C)C(=O)N(c3ccc(C)c(C)c3)C2=O)c(C)c1. The molecule has 4 heteroatoms. The lowest BCUT2D eigenvalue weighted by molar-refractivity contribution is -0.119. The summed E-state index contributed by atoms with van der Waals surface area (Å²) in [6, 6.07) is 11.7. The van der Waals surface area contributed by atoms with Crippen molar-refractivity contribution in [1.82, 2.24) is 0 Å². The molecule has 0 saturated carbocycles. The summed E-state index contributed by atoms with van der Waals surface area (Å²) in [6.45, 7) is 12.1. The summed E-state index contributed by atoms with van der Waals surface area (Å²) in [5, 5.41) is 0.206. The van der Waals surface area contributed by atoms with Crippen LogP contribution < -0.4 is 4.90 Å². The topological polar surface area (TPSA) is 37.4 Å². The van der Waals surface area contributed by atoms with Gasteiger partial charge in [-0.25, -0.2) is 4.90 Å². The van der Waals surface area contributed by atoms with Crippen LogP contribution in [0.4, 0.5) is 5.69 Å². The van der Waals surface area contributed by atoms with E-state index in [1.165, 1.54) is 16.7 Å². The molecule has 0 saturated heterocycles. The maximum absolute atomic E-state index is 13.4. The number of thioether (sulfide) groups is 1. The molecular weight excluding hydrogens is 354 g/mol. The molecule has 0 aromatic heterocycles. The third-order valence-corrected chi connectivity index (χ3v) is 5.88. The molecule has 0 atom stereocenters. The highest BCUT2D eigenvalue weighted by molar-refractivity contribution is 8.04. The zero-order valence-electron chi connectivity index (χ0n) is 16.7. The van der Waals surface area contributed by atoms with E-state index in [0.717, 1.165) is 27.8 Å². The fourth-order valence-corrected chi connectivity index (χ4v) is 4.26. The van der Waals surface area contributed by atoms with Crippen molar-refractivity contribution in [1.29, 1.82) is 0 Å². The number of amides is 2. The van der Waals surface area contributed by atoms with E-state index in [-0.39, 0.29) is 17.1 Å². The number of imide groups is 1. The largest absolute Gasteiger partial charge is 0.272 e. The Bertz CT molecular complexity index is 972. The molecular formula is C23H25NO2S. The normalized spacial score (nSPS) is 14.7. The van der Waals surface area contributed by atoms with Crippen molar-refractivity contribution >= 4 is 34.8 Å². The molecule has 2 amide bonds. The van der Waals surface area contributed by atoms with E-state index < -0.39 is 0 Å². The molecule has 1 aliphatic heterocycles. The van der Waals surface area contributed by atoms with Gasteiger partial charge in [0.15, 0.2) is 0 Å². The maximum atomic E-state index is 13.4. The van der Waals surface area contributed by atoms with Gasteiger partial charge in [-0.2, -0.15) is 0 Å². The summed E-state index contributed by atoms with van der Waals surface area (Å²) in [5.41, 5.74) is 6.34. The number of rotatable bonds is 4. The number of hydrogen-bond donors (Lipinski definition) is 0. The minimum Gasteiger partial charge on any atom is -0.268 e. The molecule has 2 aromatic carbocycles. The first kappa shape index (κ1) is 19.4. The summed E-state index contributed by atoms with van der Waals surface area (Å²) < 4.78 is 0. The zero-order chi connectivity index (χ0) is 19.9. The van der Waals surface area contributed by atoms with Crippen LogP contribution in [0.1, 0.15) is 41.7 Å². The van der Waals surface area contributed by atoms with E-state index in [1.54, 1.807) is 0 Å². The molecule has 0 unspecified atom stereocenters. The van der Waals surface area contributed by atoms with Crippen LogP contribution in [-0.2, 0) is 9.59 Å². The number of carbonyl (C=O) groups is 2. The fourth-order valence-electron chi connectivity index (χ4n) is 3.29. The molecule has 27 heavy (non-hydrogen) atoms. The zero-order valence-corrected chi connectivity index (χ0v) is 17.5. The van der Waals surface area contributed by atoms with Crippen molar-refractivity contribution in [3.8, 4) is 0 Å². The highest BCUT2D eigenvalue weighted by Gasteiger charge is 2.41. The van der Waals surface area contributed by atoms with Crippen molar-refractivity contribution in [3.63, 3.8) is 0 Å². The molecule has 0 N–H and O–H groups in total. The Labute approximate surface area is 165 Å². The Morgan fingerprint density at radius 3 is 2.11 bits per heavy atom. The number of nitrogens with zero attached hydrogens (tertiary/aromatic N) is 1. The Balaban J connectivity index is 2.15. The van der Waals surface area contributed by atoms with Crippen molar-refractivity contribution in [2.75, 3.05) is 4.90 Å². The Kier molecular flexibility index (Phi) is 5.29. The smallest absolute Gasteiger partial charge is 0.268 e. The molecule has 0 spiro atoms. The second-order valence-corrected chi connectivity index (χ2v) is 8.99. The van der Waals surface area contributed by atoms with Crippen molar-refractivity contribution < 1.29 is 9.59 Å². The maximum Gasteiger partial charge on any atom is 0.272 e. The molecule has 0 radical (unpaired) electrons. The molecule has 3 rings (SSSR count). The molecule has 3 nitrogen and oxygen atoms in total. The molecule has 1 aliphatic rings. The third kappa shape index (κ3) is 3.59. The monoisotopic (exact) mass is 379 g/mol. The van der Waals surface area contributed by atoms with Gasteiger partial charge in [-0.3, -0.25) is 9.59 Å². The number of carbonyl (C=O) groups excluding carboxylic acids is 2. The van der Waals surface area contributed by atoms with Crippen LogP contribution >= 0.6 is 11.8 Å². The minimum absolute atomic E-state index is 0.206. The van der Waals surface area contributed by atoms with Gasteiger partial charge < -0.3 is 0 Å². The van der Waals surface area contributed by atoms with Gasteiger partial charge in [-0.05, 0) is 62.1 Å². The highest BCUT2D eigenvalue weighted by Crippen LogP contribution is 2.41. The van der Waals surface area contributed by atoms with Crippen molar-refractivity contribution in [2.45, 2.75) is 46.8 Å². The summed E-state index contributed by atoms with van der Waals surface area (Å²) >= 11 is 1.46. The fraction of sp³-hybridized carbons (Fsp3) is 0.304. The second kappa shape index (κ2) is 7.35. The van der Waals surface area contributed by atoms with Crippen LogP contribution in [0.5, 0.6) is 0 Å². The van der Waals surface area contributed by atoms with Gasteiger partial charge in [0.25, 0.3) is 11.8 Å². The number of benzene rings is 2. The average molecular weight is 380 g/mol. The van der Waals surface area contributed by atoms with Crippen LogP contribution in [0.2, 0.25) is 0 Å². The summed E-state index contributed by atoms with van der Waals surface area (Å²) in [4.78, 5) is 28.5. The molecule has 1 heterocycles. The number of hydrogen-bond acceptors (Lipinski definition) is 3. The molecule has 2 aromatic rings. The van der Waals surface area contributed by atoms with Gasteiger partial charge in [-0.15, -0.1) is 11.8 Å². The lowest BCUT2D eigenvalue weighted by Gasteiger charge is -2.17. The third-order valence-electron chi connectivity index (χ3n) is 4.79. The van der Waals surface area contributed by atoms with Gasteiger partial charge in [0, 0.05) is 5.25 Å². The first-order chi connectivity index (χ1) is 12.7. The van der Waals surface area contributed by atoms with Gasteiger partial charge >= 0.3 is 0 Å². The van der Waals surface area contributed by atoms with Gasteiger partial charge in [-0.1, -0.05) is 43.7 Å². The van der Waals surface area contributed by atoms with E-state index in [4.69, 9.17) is 0 Å². The first-order valence-corrected chi connectivity index (χ1v) is 10.0. The van der Waals surface area contributed by atoms with Crippen LogP contribution in [0.25, 0.3) is 5.57 Å². The Morgan fingerprint density at radius 2 is 1.52 bits per heavy atom.